The third-order valence-corrected chi connectivity index (χ3v) is 5.83. The van der Waals surface area contributed by atoms with Crippen LogP contribution in [0, 0.1) is 5.92 Å². The molecule has 0 radical (unpaired) electrons. The second-order valence-corrected chi connectivity index (χ2v) is 7.23. The summed E-state index contributed by atoms with van der Waals surface area (Å²) in [4.78, 5) is 0. The second kappa shape index (κ2) is 7.23. The van der Waals surface area contributed by atoms with Gasteiger partial charge in [0.2, 0.25) is 0 Å². The van der Waals surface area contributed by atoms with Crippen LogP contribution in [0.3, 0.4) is 0 Å². The minimum absolute atomic E-state index is 0.126. The van der Waals surface area contributed by atoms with Crippen LogP contribution in [-0.2, 0) is 11.2 Å². The van der Waals surface area contributed by atoms with Crippen LogP contribution in [0.25, 0.3) is 0 Å². The van der Waals surface area contributed by atoms with Gasteiger partial charge in [-0.25, -0.2) is 0 Å². The summed E-state index contributed by atoms with van der Waals surface area (Å²) in [5.74, 6) is 1.52. The molecule has 1 atom stereocenters. The van der Waals surface area contributed by atoms with Crippen LogP contribution in [0.15, 0.2) is 18.2 Å². The molecule has 0 amide bonds. The van der Waals surface area contributed by atoms with E-state index in [1.165, 1.54) is 50.5 Å². The molecule has 0 N–H and O–H groups in total. The minimum Gasteiger partial charge on any atom is -0.495 e. The molecule has 0 aromatic heterocycles. The Kier molecular flexibility index (Phi) is 5.30. The van der Waals surface area contributed by atoms with Crippen molar-refractivity contribution in [3.05, 3.63) is 28.8 Å². The predicted molar refractivity (Wildman–Crippen MR) is 90.8 cm³/mol. The summed E-state index contributed by atoms with van der Waals surface area (Å²) in [5.41, 5.74) is 1.42. The molecule has 1 unspecified atom stereocenters. The monoisotopic (exact) mass is 322 g/mol. The Bertz CT molecular complexity index is 488. The van der Waals surface area contributed by atoms with E-state index in [4.69, 9.17) is 21.1 Å². The van der Waals surface area contributed by atoms with Crippen LogP contribution in [0.2, 0.25) is 5.02 Å². The van der Waals surface area contributed by atoms with Crippen molar-refractivity contribution in [3.63, 3.8) is 0 Å². The fourth-order valence-corrected chi connectivity index (χ4v) is 4.55. The van der Waals surface area contributed by atoms with Gasteiger partial charge in [-0.2, -0.15) is 0 Å². The Labute approximate surface area is 139 Å². The maximum absolute atomic E-state index is 6.39. The number of benzene rings is 1. The van der Waals surface area contributed by atoms with Gasteiger partial charge in [0, 0.05) is 6.61 Å². The minimum atomic E-state index is 0.126. The van der Waals surface area contributed by atoms with Gasteiger partial charge >= 0.3 is 0 Å². The van der Waals surface area contributed by atoms with Crippen LogP contribution in [0.5, 0.6) is 5.75 Å². The van der Waals surface area contributed by atoms with Crippen molar-refractivity contribution in [2.24, 2.45) is 5.92 Å². The first-order chi connectivity index (χ1) is 10.7. The lowest BCUT2D eigenvalue weighted by molar-refractivity contribution is -0.120. The van der Waals surface area contributed by atoms with Crippen LogP contribution in [0.4, 0.5) is 0 Å². The smallest absolute Gasteiger partial charge is 0.137 e. The molecule has 2 fully saturated rings. The Balaban J connectivity index is 1.69. The van der Waals surface area contributed by atoms with Crippen molar-refractivity contribution in [1.82, 2.24) is 0 Å². The largest absolute Gasteiger partial charge is 0.495 e. The fourth-order valence-electron chi connectivity index (χ4n) is 4.27. The lowest BCUT2D eigenvalue weighted by Crippen LogP contribution is -2.43. The molecule has 2 nitrogen and oxygen atoms in total. The molecular formula is C19H27ClO2. The molecule has 3 heteroatoms. The summed E-state index contributed by atoms with van der Waals surface area (Å²) < 4.78 is 11.6. The van der Waals surface area contributed by atoms with E-state index in [0.717, 1.165) is 31.1 Å². The SMILES string of the molecule is COc1ccc(CCC2(C3CCCC3)CCCCO2)cc1Cl. The number of hydrogen-bond acceptors (Lipinski definition) is 2. The number of ether oxygens (including phenoxy) is 2. The number of methoxy groups -OCH3 is 1. The highest BCUT2D eigenvalue weighted by Crippen LogP contribution is 2.44. The van der Waals surface area contributed by atoms with E-state index in [0.29, 0.717) is 5.02 Å². The summed E-state index contributed by atoms with van der Waals surface area (Å²) in [6.45, 7) is 0.944. The molecule has 0 spiro atoms. The molecule has 1 aliphatic carbocycles. The maximum atomic E-state index is 6.39. The highest BCUT2D eigenvalue weighted by Gasteiger charge is 2.41. The van der Waals surface area contributed by atoms with Gasteiger partial charge in [-0.15, -0.1) is 0 Å². The van der Waals surface area contributed by atoms with Crippen molar-refractivity contribution in [2.75, 3.05) is 13.7 Å². The van der Waals surface area contributed by atoms with Gasteiger partial charge < -0.3 is 9.47 Å². The Morgan fingerprint density at radius 2 is 2.05 bits per heavy atom. The van der Waals surface area contributed by atoms with Crippen LogP contribution >= 0.6 is 11.6 Å². The first kappa shape index (κ1) is 16.1. The molecule has 1 aromatic carbocycles. The van der Waals surface area contributed by atoms with Gasteiger partial charge in [0.1, 0.15) is 5.75 Å². The van der Waals surface area contributed by atoms with Gasteiger partial charge in [0.15, 0.2) is 0 Å². The quantitative estimate of drug-likeness (QED) is 0.721. The zero-order chi connectivity index (χ0) is 15.4. The number of hydrogen-bond donors (Lipinski definition) is 0. The molecule has 1 aromatic rings. The first-order valence-corrected chi connectivity index (χ1v) is 9.08. The molecule has 122 valence electrons. The third-order valence-electron chi connectivity index (χ3n) is 5.54. The van der Waals surface area contributed by atoms with E-state index >= 15 is 0 Å². The summed E-state index contributed by atoms with van der Waals surface area (Å²) in [7, 11) is 1.66. The standard InChI is InChI=1S/C19H27ClO2/c1-21-18-9-8-15(14-17(18)20)10-12-19(11-4-5-13-22-19)16-6-2-3-7-16/h8-9,14,16H,2-7,10-13H2,1H3. The molecule has 1 aliphatic heterocycles. The van der Waals surface area contributed by atoms with Crippen molar-refractivity contribution in [1.29, 1.82) is 0 Å². The summed E-state index contributed by atoms with van der Waals surface area (Å²) >= 11 is 6.26. The fraction of sp³-hybridized carbons (Fsp3) is 0.684. The zero-order valence-electron chi connectivity index (χ0n) is 13.6. The van der Waals surface area contributed by atoms with E-state index in [1.807, 2.05) is 12.1 Å². The van der Waals surface area contributed by atoms with Gasteiger partial charge in [-0.05, 0) is 68.6 Å². The highest BCUT2D eigenvalue weighted by atomic mass is 35.5. The highest BCUT2D eigenvalue weighted by molar-refractivity contribution is 6.32. The Morgan fingerprint density at radius 3 is 2.68 bits per heavy atom. The summed E-state index contributed by atoms with van der Waals surface area (Å²) in [6.07, 6.45) is 11.4. The molecule has 2 aliphatic rings. The molecule has 3 rings (SSSR count). The van der Waals surface area contributed by atoms with E-state index in [1.54, 1.807) is 7.11 Å². The molecule has 22 heavy (non-hydrogen) atoms. The average Bonchev–Trinajstić information content (AvgIpc) is 3.09. The van der Waals surface area contributed by atoms with Crippen molar-refractivity contribution >= 4 is 11.6 Å². The van der Waals surface area contributed by atoms with Crippen LogP contribution < -0.4 is 4.74 Å². The lowest BCUT2D eigenvalue weighted by Gasteiger charge is -2.42. The van der Waals surface area contributed by atoms with Gasteiger partial charge in [0.25, 0.3) is 0 Å². The number of rotatable bonds is 5. The van der Waals surface area contributed by atoms with Crippen LogP contribution in [0.1, 0.15) is 56.9 Å². The lowest BCUT2D eigenvalue weighted by atomic mass is 9.76. The summed E-state index contributed by atoms with van der Waals surface area (Å²) in [6, 6.07) is 6.16. The topological polar surface area (TPSA) is 18.5 Å². The van der Waals surface area contributed by atoms with Crippen molar-refractivity contribution < 1.29 is 9.47 Å². The Morgan fingerprint density at radius 1 is 1.23 bits per heavy atom. The predicted octanol–water partition coefficient (Wildman–Crippen LogP) is 5.41. The zero-order valence-corrected chi connectivity index (χ0v) is 14.3. The summed E-state index contributed by atoms with van der Waals surface area (Å²) in [5, 5.41) is 0.708. The van der Waals surface area contributed by atoms with E-state index in [-0.39, 0.29) is 5.60 Å². The van der Waals surface area contributed by atoms with Gasteiger partial charge in [-0.3, -0.25) is 0 Å². The number of aryl methyl sites for hydroxylation is 1. The normalized spacial score (nSPS) is 26.3. The van der Waals surface area contributed by atoms with Gasteiger partial charge in [0.05, 0.1) is 17.7 Å². The molecule has 1 heterocycles. The van der Waals surface area contributed by atoms with Gasteiger partial charge in [-0.1, -0.05) is 30.5 Å². The molecular weight excluding hydrogens is 296 g/mol. The van der Waals surface area contributed by atoms with Crippen molar-refractivity contribution in [2.45, 2.75) is 63.4 Å². The average molecular weight is 323 g/mol. The van der Waals surface area contributed by atoms with Crippen LogP contribution in [-0.4, -0.2) is 19.3 Å². The maximum Gasteiger partial charge on any atom is 0.137 e. The Hall–Kier alpha value is -0.730. The third kappa shape index (κ3) is 3.44. The molecule has 1 saturated heterocycles. The first-order valence-electron chi connectivity index (χ1n) is 8.70. The van der Waals surface area contributed by atoms with E-state index in [9.17, 15) is 0 Å². The second-order valence-electron chi connectivity index (χ2n) is 6.82. The number of halogens is 1. The van der Waals surface area contributed by atoms with Crippen molar-refractivity contribution in [3.8, 4) is 5.75 Å². The van der Waals surface area contributed by atoms with E-state index < -0.39 is 0 Å². The molecule has 0 bridgehead atoms. The molecule has 1 saturated carbocycles. The van der Waals surface area contributed by atoms with E-state index in [2.05, 4.69) is 6.07 Å².